The van der Waals surface area contributed by atoms with Gasteiger partial charge in [0.05, 0.1) is 15.1 Å². The Hall–Kier alpha value is -0.730. The monoisotopic (exact) mass is 341 g/mol. The van der Waals surface area contributed by atoms with Crippen LogP contribution in [0.1, 0.15) is 31.0 Å². The molecular formula is C17H18Cl3N. The summed E-state index contributed by atoms with van der Waals surface area (Å²) >= 11 is 18.3. The van der Waals surface area contributed by atoms with Gasteiger partial charge < -0.3 is 5.32 Å². The summed E-state index contributed by atoms with van der Waals surface area (Å²) in [4.78, 5) is 0. The highest BCUT2D eigenvalue weighted by molar-refractivity contribution is 6.48. The van der Waals surface area contributed by atoms with Gasteiger partial charge in [-0.1, -0.05) is 71.2 Å². The minimum Gasteiger partial charge on any atom is -0.307 e. The van der Waals surface area contributed by atoms with Crippen LogP contribution in [0.4, 0.5) is 0 Å². The first-order valence-electron chi connectivity index (χ1n) is 6.92. The van der Waals surface area contributed by atoms with Crippen molar-refractivity contribution in [2.45, 2.75) is 32.4 Å². The fraction of sp³-hybridized carbons (Fsp3) is 0.294. The van der Waals surface area contributed by atoms with Crippen molar-refractivity contribution in [3.05, 3.63) is 68.7 Å². The minimum absolute atomic E-state index is 0.103. The summed E-state index contributed by atoms with van der Waals surface area (Å²) in [7, 11) is 0. The maximum atomic E-state index is 6.28. The standard InChI is InChI=1S/C17H18Cl3N/c1-11(10-13-6-4-3-5-7-13)21-12(2)14-8-9-15(18)17(20)16(14)19/h3-9,11-12,21H,10H2,1-2H3. The van der Waals surface area contributed by atoms with E-state index in [1.165, 1.54) is 5.56 Å². The van der Waals surface area contributed by atoms with E-state index in [1.54, 1.807) is 6.07 Å². The van der Waals surface area contributed by atoms with E-state index in [9.17, 15) is 0 Å². The van der Waals surface area contributed by atoms with Crippen molar-refractivity contribution in [2.24, 2.45) is 0 Å². The largest absolute Gasteiger partial charge is 0.307 e. The molecule has 4 heteroatoms. The Morgan fingerprint density at radius 3 is 2.24 bits per heavy atom. The molecule has 2 unspecified atom stereocenters. The minimum atomic E-state index is 0.103. The first-order valence-corrected chi connectivity index (χ1v) is 8.05. The summed E-state index contributed by atoms with van der Waals surface area (Å²) in [6.07, 6.45) is 0.962. The molecule has 0 aliphatic rings. The molecule has 2 aromatic rings. The molecule has 0 aliphatic carbocycles. The van der Waals surface area contributed by atoms with E-state index in [2.05, 4.69) is 43.4 Å². The van der Waals surface area contributed by atoms with Crippen LogP contribution in [-0.4, -0.2) is 6.04 Å². The number of halogens is 3. The molecule has 0 saturated heterocycles. The SMILES string of the molecule is CC(Cc1ccccc1)NC(C)c1ccc(Cl)c(Cl)c1Cl. The molecular weight excluding hydrogens is 325 g/mol. The van der Waals surface area contributed by atoms with Crippen molar-refractivity contribution in [1.82, 2.24) is 5.32 Å². The average molecular weight is 343 g/mol. The number of hydrogen-bond donors (Lipinski definition) is 1. The van der Waals surface area contributed by atoms with Gasteiger partial charge >= 0.3 is 0 Å². The Morgan fingerprint density at radius 2 is 1.57 bits per heavy atom. The fourth-order valence-corrected chi connectivity index (χ4v) is 3.12. The molecule has 0 saturated carbocycles. The second-order valence-corrected chi connectivity index (χ2v) is 6.41. The van der Waals surface area contributed by atoms with Crippen LogP contribution < -0.4 is 5.32 Å². The molecule has 1 N–H and O–H groups in total. The molecule has 21 heavy (non-hydrogen) atoms. The van der Waals surface area contributed by atoms with E-state index in [0.29, 0.717) is 21.1 Å². The van der Waals surface area contributed by atoms with Gasteiger partial charge in [0.25, 0.3) is 0 Å². The first kappa shape index (κ1) is 16.6. The van der Waals surface area contributed by atoms with E-state index >= 15 is 0 Å². The zero-order valence-corrected chi connectivity index (χ0v) is 14.3. The fourth-order valence-electron chi connectivity index (χ4n) is 2.42. The van der Waals surface area contributed by atoms with E-state index in [1.807, 2.05) is 12.1 Å². The average Bonchev–Trinajstić information content (AvgIpc) is 2.45. The zero-order valence-electron chi connectivity index (χ0n) is 12.0. The number of hydrogen-bond acceptors (Lipinski definition) is 1. The summed E-state index contributed by atoms with van der Waals surface area (Å²) in [5.41, 5.74) is 2.27. The second kappa shape index (κ2) is 7.51. The van der Waals surface area contributed by atoms with Crippen LogP contribution in [-0.2, 0) is 6.42 Å². The van der Waals surface area contributed by atoms with Crippen LogP contribution in [0.25, 0.3) is 0 Å². The van der Waals surface area contributed by atoms with E-state index in [0.717, 1.165) is 12.0 Å². The molecule has 112 valence electrons. The van der Waals surface area contributed by atoms with Gasteiger partial charge in [-0.05, 0) is 37.5 Å². The summed E-state index contributed by atoms with van der Waals surface area (Å²) in [6, 6.07) is 14.5. The molecule has 2 aromatic carbocycles. The topological polar surface area (TPSA) is 12.0 Å². The van der Waals surface area contributed by atoms with Crippen LogP contribution in [0, 0.1) is 0 Å². The molecule has 1 nitrogen and oxygen atoms in total. The first-order chi connectivity index (χ1) is 9.99. The maximum absolute atomic E-state index is 6.28. The van der Waals surface area contributed by atoms with E-state index in [4.69, 9.17) is 34.8 Å². The van der Waals surface area contributed by atoms with Crippen molar-refractivity contribution in [3.8, 4) is 0 Å². The lowest BCUT2D eigenvalue weighted by Crippen LogP contribution is -2.30. The van der Waals surface area contributed by atoms with Crippen LogP contribution in [0.5, 0.6) is 0 Å². The Kier molecular flexibility index (Phi) is 5.95. The maximum Gasteiger partial charge on any atom is 0.0781 e. The van der Waals surface area contributed by atoms with Gasteiger partial charge in [0.1, 0.15) is 0 Å². The quantitative estimate of drug-likeness (QED) is 0.664. The molecule has 2 rings (SSSR count). The Labute approximate surface area is 141 Å². The van der Waals surface area contributed by atoms with E-state index < -0.39 is 0 Å². The number of nitrogens with one attached hydrogen (secondary N) is 1. The molecule has 0 amide bonds. The smallest absolute Gasteiger partial charge is 0.0781 e. The number of rotatable bonds is 5. The van der Waals surface area contributed by atoms with Gasteiger partial charge in [-0.3, -0.25) is 0 Å². The molecule has 0 spiro atoms. The van der Waals surface area contributed by atoms with Crippen LogP contribution in [0.2, 0.25) is 15.1 Å². The Bertz CT molecular complexity index is 598. The van der Waals surface area contributed by atoms with Crippen molar-refractivity contribution in [3.63, 3.8) is 0 Å². The van der Waals surface area contributed by atoms with Gasteiger partial charge in [0, 0.05) is 12.1 Å². The van der Waals surface area contributed by atoms with Gasteiger partial charge in [-0.15, -0.1) is 0 Å². The van der Waals surface area contributed by atoms with Crippen LogP contribution >= 0.6 is 34.8 Å². The third kappa shape index (κ3) is 4.37. The molecule has 0 aromatic heterocycles. The van der Waals surface area contributed by atoms with Gasteiger partial charge in [0.2, 0.25) is 0 Å². The van der Waals surface area contributed by atoms with Crippen molar-refractivity contribution >= 4 is 34.8 Å². The van der Waals surface area contributed by atoms with Crippen molar-refractivity contribution in [2.75, 3.05) is 0 Å². The molecule has 0 fully saturated rings. The predicted octanol–water partition coefficient (Wildman–Crippen LogP) is 5.93. The second-order valence-electron chi connectivity index (χ2n) is 5.24. The lowest BCUT2D eigenvalue weighted by atomic mass is 10.0. The molecule has 0 aliphatic heterocycles. The van der Waals surface area contributed by atoms with Gasteiger partial charge in [-0.2, -0.15) is 0 Å². The number of benzene rings is 2. The highest BCUT2D eigenvalue weighted by Crippen LogP contribution is 2.35. The summed E-state index contributed by atoms with van der Waals surface area (Å²) < 4.78 is 0. The normalized spacial score (nSPS) is 14.0. The summed E-state index contributed by atoms with van der Waals surface area (Å²) in [5.74, 6) is 0. The van der Waals surface area contributed by atoms with Gasteiger partial charge in [-0.25, -0.2) is 0 Å². The lowest BCUT2D eigenvalue weighted by Gasteiger charge is -2.22. The van der Waals surface area contributed by atoms with Gasteiger partial charge in [0.15, 0.2) is 0 Å². The molecule has 0 bridgehead atoms. The molecule has 0 heterocycles. The lowest BCUT2D eigenvalue weighted by molar-refractivity contribution is 0.477. The van der Waals surface area contributed by atoms with Crippen LogP contribution in [0.15, 0.2) is 42.5 Å². The predicted molar refractivity (Wildman–Crippen MR) is 92.6 cm³/mol. The summed E-state index contributed by atoms with van der Waals surface area (Å²) in [5, 5.41) is 4.97. The highest BCUT2D eigenvalue weighted by atomic mass is 35.5. The Morgan fingerprint density at radius 1 is 0.905 bits per heavy atom. The zero-order chi connectivity index (χ0) is 15.4. The third-order valence-electron chi connectivity index (χ3n) is 3.45. The molecule has 0 radical (unpaired) electrons. The van der Waals surface area contributed by atoms with E-state index in [-0.39, 0.29) is 6.04 Å². The van der Waals surface area contributed by atoms with Crippen molar-refractivity contribution in [1.29, 1.82) is 0 Å². The highest BCUT2D eigenvalue weighted by Gasteiger charge is 2.16. The summed E-state index contributed by atoms with van der Waals surface area (Å²) in [6.45, 7) is 4.24. The van der Waals surface area contributed by atoms with Crippen LogP contribution in [0.3, 0.4) is 0 Å². The van der Waals surface area contributed by atoms with Crippen molar-refractivity contribution < 1.29 is 0 Å². The third-order valence-corrected chi connectivity index (χ3v) is 4.76. The Balaban J connectivity index is 2.04. The molecule has 2 atom stereocenters.